The molecule has 3 rings (SSSR count). The Bertz CT molecular complexity index is 552. The van der Waals surface area contributed by atoms with E-state index in [1.54, 1.807) is 0 Å². The number of carbonyl (C=O) groups excluding carboxylic acids is 1. The third kappa shape index (κ3) is 3.98. The van der Waals surface area contributed by atoms with Gasteiger partial charge in [-0.15, -0.1) is 0 Å². The Labute approximate surface area is 145 Å². The third-order valence-corrected chi connectivity index (χ3v) is 5.67. The summed E-state index contributed by atoms with van der Waals surface area (Å²) < 4.78 is 0. The van der Waals surface area contributed by atoms with Crippen LogP contribution in [-0.2, 0) is 6.42 Å². The molecule has 1 saturated heterocycles. The first-order chi connectivity index (χ1) is 11.7. The highest BCUT2D eigenvalue weighted by Crippen LogP contribution is 2.26. The highest BCUT2D eigenvalue weighted by atomic mass is 16.3. The summed E-state index contributed by atoms with van der Waals surface area (Å²) in [7, 11) is 0. The summed E-state index contributed by atoms with van der Waals surface area (Å²) in [5.41, 5.74) is 1.92. The molecule has 0 bridgehead atoms. The highest BCUT2D eigenvalue weighted by Gasteiger charge is 2.31. The molecular formula is C20H30N2O2. The second-order valence-electron chi connectivity index (χ2n) is 7.21. The van der Waals surface area contributed by atoms with Crippen LogP contribution in [0.4, 0.5) is 0 Å². The number of hydrogen-bond donors (Lipinski definition) is 2. The molecule has 1 aromatic rings. The molecule has 1 saturated carbocycles. The van der Waals surface area contributed by atoms with Crippen LogP contribution in [0.3, 0.4) is 0 Å². The minimum Gasteiger partial charge on any atom is -0.391 e. The average molecular weight is 330 g/mol. The van der Waals surface area contributed by atoms with Crippen LogP contribution in [-0.4, -0.2) is 47.2 Å². The Hall–Kier alpha value is -1.39. The fourth-order valence-corrected chi connectivity index (χ4v) is 4.21. The van der Waals surface area contributed by atoms with E-state index < -0.39 is 0 Å². The maximum absolute atomic E-state index is 12.6. The fourth-order valence-electron chi connectivity index (χ4n) is 4.21. The standard InChI is InChI=1S/C20H30N2O2/c1-2-15-7-3-4-8-17(15)20(24)21-16-11-13-22(14-12-16)18-9-5-6-10-19(18)23/h3-4,7-8,16,18-19,23H,2,5-6,9-14H2,1H3,(H,21,24). The Morgan fingerprint density at radius 1 is 1.17 bits per heavy atom. The van der Waals surface area contributed by atoms with Gasteiger partial charge in [0, 0.05) is 30.7 Å². The molecule has 132 valence electrons. The number of rotatable bonds is 4. The molecular weight excluding hydrogens is 300 g/mol. The van der Waals surface area contributed by atoms with Crippen LogP contribution in [0.5, 0.6) is 0 Å². The number of nitrogens with zero attached hydrogens (tertiary/aromatic N) is 1. The molecule has 1 heterocycles. The van der Waals surface area contributed by atoms with E-state index in [1.165, 1.54) is 6.42 Å². The molecule has 1 aromatic carbocycles. The molecule has 4 nitrogen and oxygen atoms in total. The number of aliphatic hydroxyl groups excluding tert-OH is 1. The Morgan fingerprint density at radius 3 is 2.58 bits per heavy atom. The van der Waals surface area contributed by atoms with Crippen LogP contribution in [0.25, 0.3) is 0 Å². The van der Waals surface area contributed by atoms with Gasteiger partial charge in [-0.05, 0) is 43.7 Å². The van der Waals surface area contributed by atoms with Gasteiger partial charge in [-0.25, -0.2) is 0 Å². The van der Waals surface area contributed by atoms with Crippen LogP contribution >= 0.6 is 0 Å². The van der Waals surface area contributed by atoms with Crippen molar-refractivity contribution in [3.05, 3.63) is 35.4 Å². The van der Waals surface area contributed by atoms with Crippen LogP contribution in [0, 0.1) is 0 Å². The molecule has 2 unspecified atom stereocenters. The molecule has 1 amide bonds. The third-order valence-electron chi connectivity index (χ3n) is 5.67. The summed E-state index contributed by atoms with van der Waals surface area (Å²) in [5.74, 6) is 0.0589. The zero-order valence-electron chi connectivity index (χ0n) is 14.7. The molecule has 2 atom stereocenters. The molecule has 0 spiro atoms. The molecule has 1 aliphatic carbocycles. The van der Waals surface area contributed by atoms with E-state index in [4.69, 9.17) is 0 Å². The van der Waals surface area contributed by atoms with Crippen molar-refractivity contribution in [1.29, 1.82) is 0 Å². The van der Waals surface area contributed by atoms with E-state index >= 15 is 0 Å². The smallest absolute Gasteiger partial charge is 0.251 e. The first-order valence-corrected chi connectivity index (χ1v) is 9.50. The molecule has 1 aliphatic heterocycles. The number of aliphatic hydroxyl groups is 1. The average Bonchev–Trinajstić information content (AvgIpc) is 2.63. The van der Waals surface area contributed by atoms with Crippen LogP contribution < -0.4 is 5.32 Å². The lowest BCUT2D eigenvalue weighted by molar-refractivity contribution is 0.00727. The van der Waals surface area contributed by atoms with Gasteiger partial charge in [-0.1, -0.05) is 38.0 Å². The van der Waals surface area contributed by atoms with Gasteiger partial charge in [0.1, 0.15) is 0 Å². The van der Waals surface area contributed by atoms with Crippen LogP contribution in [0.15, 0.2) is 24.3 Å². The minimum absolute atomic E-state index is 0.0589. The van der Waals surface area contributed by atoms with Gasteiger partial charge in [0.05, 0.1) is 6.10 Å². The maximum atomic E-state index is 12.6. The van der Waals surface area contributed by atoms with Gasteiger partial charge < -0.3 is 10.4 Å². The van der Waals surface area contributed by atoms with Crippen LogP contribution in [0.2, 0.25) is 0 Å². The van der Waals surface area contributed by atoms with E-state index in [2.05, 4.69) is 17.1 Å². The molecule has 2 aliphatic rings. The zero-order chi connectivity index (χ0) is 16.9. The molecule has 0 aromatic heterocycles. The number of nitrogens with one attached hydrogen (secondary N) is 1. The first kappa shape index (κ1) is 17.4. The summed E-state index contributed by atoms with van der Waals surface area (Å²) >= 11 is 0. The van der Waals surface area contributed by atoms with Crippen molar-refractivity contribution >= 4 is 5.91 Å². The van der Waals surface area contributed by atoms with Gasteiger partial charge in [-0.2, -0.15) is 0 Å². The largest absolute Gasteiger partial charge is 0.391 e. The van der Waals surface area contributed by atoms with E-state index in [-0.39, 0.29) is 18.1 Å². The summed E-state index contributed by atoms with van der Waals surface area (Å²) in [4.78, 5) is 15.0. The summed E-state index contributed by atoms with van der Waals surface area (Å²) in [6.45, 7) is 4.03. The van der Waals surface area contributed by atoms with Crippen molar-refractivity contribution in [1.82, 2.24) is 10.2 Å². The van der Waals surface area contributed by atoms with Crippen molar-refractivity contribution in [2.45, 2.75) is 70.1 Å². The Morgan fingerprint density at radius 2 is 1.88 bits per heavy atom. The van der Waals surface area contributed by atoms with Crippen molar-refractivity contribution in [3.63, 3.8) is 0 Å². The molecule has 0 radical (unpaired) electrons. The zero-order valence-corrected chi connectivity index (χ0v) is 14.7. The highest BCUT2D eigenvalue weighted by molar-refractivity contribution is 5.95. The predicted molar refractivity (Wildman–Crippen MR) is 96.1 cm³/mol. The van der Waals surface area contributed by atoms with Crippen molar-refractivity contribution in [2.75, 3.05) is 13.1 Å². The molecule has 24 heavy (non-hydrogen) atoms. The minimum atomic E-state index is -0.165. The van der Waals surface area contributed by atoms with Crippen molar-refractivity contribution in [3.8, 4) is 0 Å². The van der Waals surface area contributed by atoms with Crippen LogP contribution in [0.1, 0.15) is 61.4 Å². The van der Waals surface area contributed by atoms with Gasteiger partial charge in [-0.3, -0.25) is 9.69 Å². The molecule has 4 heteroatoms. The number of piperidine rings is 1. The Kier molecular flexibility index (Phi) is 5.90. The maximum Gasteiger partial charge on any atom is 0.251 e. The normalized spacial score (nSPS) is 26.2. The van der Waals surface area contributed by atoms with Gasteiger partial charge in [0.25, 0.3) is 5.91 Å². The lowest BCUT2D eigenvalue weighted by Gasteiger charge is -2.41. The number of benzene rings is 1. The van der Waals surface area contributed by atoms with E-state index in [9.17, 15) is 9.90 Å². The summed E-state index contributed by atoms with van der Waals surface area (Å²) in [6, 6.07) is 8.45. The molecule has 2 fully saturated rings. The van der Waals surface area contributed by atoms with E-state index in [1.807, 2.05) is 24.3 Å². The number of likely N-dealkylation sites (tertiary alicyclic amines) is 1. The lowest BCUT2D eigenvalue weighted by atomic mass is 9.89. The van der Waals surface area contributed by atoms with Gasteiger partial charge in [0.2, 0.25) is 0 Å². The molecule has 2 N–H and O–H groups in total. The SMILES string of the molecule is CCc1ccccc1C(=O)NC1CCN(C2CCCCC2O)CC1. The lowest BCUT2D eigenvalue weighted by Crippen LogP contribution is -2.52. The van der Waals surface area contributed by atoms with Crippen molar-refractivity contribution in [2.24, 2.45) is 0 Å². The predicted octanol–water partition coefficient (Wildman–Crippen LogP) is 2.75. The quantitative estimate of drug-likeness (QED) is 0.892. The van der Waals surface area contributed by atoms with Gasteiger partial charge in [0.15, 0.2) is 0 Å². The van der Waals surface area contributed by atoms with E-state index in [0.717, 1.165) is 62.7 Å². The Balaban J connectivity index is 1.52. The fraction of sp³-hybridized carbons (Fsp3) is 0.650. The number of carbonyl (C=O) groups is 1. The second kappa shape index (κ2) is 8.13. The topological polar surface area (TPSA) is 52.6 Å². The number of amides is 1. The van der Waals surface area contributed by atoms with Gasteiger partial charge >= 0.3 is 0 Å². The number of aryl methyl sites for hydroxylation is 1. The first-order valence-electron chi connectivity index (χ1n) is 9.50. The second-order valence-corrected chi connectivity index (χ2v) is 7.21. The number of hydrogen-bond acceptors (Lipinski definition) is 3. The summed E-state index contributed by atoms with van der Waals surface area (Å²) in [5, 5.41) is 13.4. The van der Waals surface area contributed by atoms with Crippen molar-refractivity contribution < 1.29 is 9.90 Å². The summed E-state index contributed by atoms with van der Waals surface area (Å²) in [6.07, 6.45) is 7.10. The van der Waals surface area contributed by atoms with E-state index in [0.29, 0.717) is 6.04 Å². The monoisotopic (exact) mass is 330 g/mol.